The first kappa shape index (κ1) is 17.3. The normalized spacial score (nSPS) is 18.5. The molecule has 0 spiro atoms. The summed E-state index contributed by atoms with van der Waals surface area (Å²) < 4.78 is 5.35. The van der Waals surface area contributed by atoms with Crippen LogP contribution in [-0.4, -0.2) is 42.8 Å². The predicted molar refractivity (Wildman–Crippen MR) is 82.8 cm³/mol. The maximum Gasteiger partial charge on any atom is 0.410 e. The first-order chi connectivity index (χ1) is 9.17. The molecular weight excluding hydrogens is 252 g/mol. The van der Waals surface area contributed by atoms with Gasteiger partial charge in [0.1, 0.15) is 5.60 Å². The number of hydrogen-bond donors (Lipinski definition) is 1. The molecule has 1 saturated carbocycles. The van der Waals surface area contributed by atoms with Gasteiger partial charge in [-0.3, -0.25) is 0 Å². The quantitative estimate of drug-likeness (QED) is 0.780. The predicted octanol–water partition coefficient (Wildman–Crippen LogP) is 3.27. The van der Waals surface area contributed by atoms with Crippen molar-refractivity contribution in [2.45, 2.75) is 65.5 Å². The Hall–Kier alpha value is -0.770. The molecule has 4 nitrogen and oxygen atoms in total. The van der Waals surface area contributed by atoms with E-state index in [9.17, 15) is 4.79 Å². The summed E-state index contributed by atoms with van der Waals surface area (Å²) >= 11 is 0. The molecule has 0 aromatic heterocycles. The number of nitrogens with zero attached hydrogens (tertiary/aromatic N) is 1. The van der Waals surface area contributed by atoms with E-state index in [1.165, 1.54) is 19.3 Å². The van der Waals surface area contributed by atoms with Gasteiger partial charge in [-0.15, -0.1) is 0 Å². The lowest BCUT2D eigenvalue weighted by atomic mass is 10.1. The Labute approximate surface area is 124 Å². The Balaban J connectivity index is 2.19. The molecule has 2 atom stereocenters. The van der Waals surface area contributed by atoms with Crippen LogP contribution in [0.25, 0.3) is 0 Å². The third-order valence-corrected chi connectivity index (χ3v) is 3.49. The molecule has 0 heterocycles. The maximum absolute atomic E-state index is 11.9. The Bertz CT molecular complexity index is 308. The van der Waals surface area contributed by atoms with Crippen LogP contribution >= 0.6 is 0 Å². The first-order valence-corrected chi connectivity index (χ1v) is 7.85. The SMILES string of the molecule is CC(CNC(C)CC1CC1)CN(C)C(=O)OC(C)(C)C. The summed E-state index contributed by atoms with van der Waals surface area (Å²) in [6.07, 6.45) is 3.86. The fourth-order valence-corrected chi connectivity index (χ4v) is 2.29. The van der Waals surface area contributed by atoms with Gasteiger partial charge in [-0.05, 0) is 52.5 Å². The van der Waals surface area contributed by atoms with E-state index in [0.29, 0.717) is 12.0 Å². The van der Waals surface area contributed by atoms with Crippen molar-refractivity contribution in [1.82, 2.24) is 10.2 Å². The highest BCUT2D eigenvalue weighted by atomic mass is 16.6. The maximum atomic E-state index is 11.9. The van der Waals surface area contributed by atoms with Crippen LogP contribution in [0.1, 0.15) is 53.9 Å². The van der Waals surface area contributed by atoms with E-state index in [2.05, 4.69) is 19.2 Å². The molecule has 4 heteroatoms. The third kappa shape index (κ3) is 7.73. The van der Waals surface area contributed by atoms with Gasteiger partial charge >= 0.3 is 6.09 Å². The molecule has 0 aromatic rings. The average molecular weight is 284 g/mol. The topological polar surface area (TPSA) is 41.6 Å². The zero-order valence-corrected chi connectivity index (χ0v) is 14.0. The lowest BCUT2D eigenvalue weighted by molar-refractivity contribution is 0.0276. The van der Waals surface area contributed by atoms with Gasteiger partial charge in [-0.1, -0.05) is 19.8 Å². The number of carbonyl (C=O) groups excluding carboxylic acids is 1. The number of hydrogen-bond acceptors (Lipinski definition) is 3. The van der Waals surface area contributed by atoms with Crippen molar-refractivity contribution < 1.29 is 9.53 Å². The smallest absolute Gasteiger partial charge is 0.410 e. The molecule has 1 aliphatic rings. The highest BCUT2D eigenvalue weighted by molar-refractivity contribution is 5.67. The Morgan fingerprint density at radius 1 is 1.35 bits per heavy atom. The highest BCUT2D eigenvalue weighted by Crippen LogP contribution is 2.33. The second-order valence-corrected chi connectivity index (χ2v) is 7.45. The van der Waals surface area contributed by atoms with E-state index < -0.39 is 5.60 Å². The van der Waals surface area contributed by atoms with Crippen molar-refractivity contribution >= 4 is 6.09 Å². The van der Waals surface area contributed by atoms with Gasteiger partial charge in [0.2, 0.25) is 0 Å². The molecule has 0 saturated heterocycles. The molecule has 1 amide bonds. The lowest BCUT2D eigenvalue weighted by Gasteiger charge is -2.27. The van der Waals surface area contributed by atoms with E-state index in [1.54, 1.807) is 11.9 Å². The summed E-state index contributed by atoms with van der Waals surface area (Å²) in [7, 11) is 1.80. The summed E-state index contributed by atoms with van der Waals surface area (Å²) in [5, 5.41) is 3.57. The number of rotatable bonds is 7. The van der Waals surface area contributed by atoms with Crippen molar-refractivity contribution in [2.75, 3.05) is 20.1 Å². The summed E-state index contributed by atoms with van der Waals surface area (Å²) in [6.45, 7) is 11.8. The molecule has 0 bridgehead atoms. The van der Waals surface area contributed by atoms with Gasteiger partial charge < -0.3 is 15.0 Å². The molecule has 0 aromatic carbocycles. The van der Waals surface area contributed by atoms with E-state index in [4.69, 9.17) is 4.74 Å². The number of nitrogens with one attached hydrogen (secondary N) is 1. The van der Waals surface area contributed by atoms with Crippen molar-refractivity contribution in [1.29, 1.82) is 0 Å². The largest absolute Gasteiger partial charge is 0.444 e. The molecular formula is C16H32N2O2. The standard InChI is InChI=1S/C16H32N2O2/c1-12(10-17-13(2)9-14-7-8-14)11-18(6)15(19)20-16(3,4)5/h12-14,17H,7-11H2,1-6H3. The minimum atomic E-state index is -0.425. The van der Waals surface area contributed by atoms with Gasteiger partial charge in [0.15, 0.2) is 0 Å². The van der Waals surface area contributed by atoms with Crippen LogP contribution in [0.2, 0.25) is 0 Å². The molecule has 20 heavy (non-hydrogen) atoms. The molecule has 0 aliphatic heterocycles. The zero-order chi connectivity index (χ0) is 15.3. The van der Waals surface area contributed by atoms with E-state index >= 15 is 0 Å². The Morgan fingerprint density at radius 3 is 2.45 bits per heavy atom. The van der Waals surface area contributed by atoms with E-state index in [-0.39, 0.29) is 6.09 Å². The highest BCUT2D eigenvalue weighted by Gasteiger charge is 2.24. The van der Waals surface area contributed by atoms with Crippen LogP contribution < -0.4 is 5.32 Å². The Morgan fingerprint density at radius 2 is 1.95 bits per heavy atom. The fraction of sp³-hybridized carbons (Fsp3) is 0.938. The van der Waals surface area contributed by atoms with Crippen LogP contribution in [0.5, 0.6) is 0 Å². The second-order valence-electron chi connectivity index (χ2n) is 7.45. The second kappa shape index (κ2) is 7.30. The number of amides is 1. The molecule has 2 unspecified atom stereocenters. The molecule has 1 fully saturated rings. The fourth-order valence-electron chi connectivity index (χ4n) is 2.29. The van der Waals surface area contributed by atoms with Crippen molar-refractivity contribution in [2.24, 2.45) is 11.8 Å². The van der Waals surface area contributed by atoms with Crippen LogP contribution in [0.15, 0.2) is 0 Å². The number of ether oxygens (including phenoxy) is 1. The van der Waals surface area contributed by atoms with Crippen LogP contribution in [0, 0.1) is 11.8 Å². The van der Waals surface area contributed by atoms with E-state index in [0.717, 1.165) is 19.0 Å². The van der Waals surface area contributed by atoms with Crippen LogP contribution in [0.3, 0.4) is 0 Å². The van der Waals surface area contributed by atoms with Gasteiger partial charge in [0, 0.05) is 19.6 Å². The summed E-state index contributed by atoms with van der Waals surface area (Å²) in [6, 6.07) is 0.580. The molecule has 1 N–H and O–H groups in total. The molecule has 118 valence electrons. The van der Waals surface area contributed by atoms with Crippen molar-refractivity contribution in [3.8, 4) is 0 Å². The van der Waals surface area contributed by atoms with Gasteiger partial charge in [-0.2, -0.15) is 0 Å². The third-order valence-electron chi connectivity index (χ3n) is 3.49. The average Bonchev–Trinajstić information content (AvgIpc) is 3.08. The Kier molecular flexibility index (Phi) is 6.31. The summed E-state index contributed by atoms with van der Waals surface area (Å²) in [5.41, 5.74) is -0.425. The molecule has 1 rings (SSSR count). The van der Waals surface area contributed by atoms with Crippen molar-refractivity contribution in [3.63, 3.8) is 0 Å². The number of carbonyl (C=O) groups is 1. The van der Waals surface area contributed by atoms with Gasteiger partial charge in [-0.25, -0.2) is 4.79 Å². The minimum absolute atomic E-state index is 0.240. The van der Waals surface area contributed by atoms with Crippen LogP contribution in [-0.2, 0) is 4.74 Å². The molecule has 0 radical (unpaired) electrons. The van der Waals surface area contributed by atoms with Gasteiger partial charge in [0.25, 0.3) is 0 Å². The van der Waals surface area contributed by atoms with Crippen molar-refractivity contribution in [3.05, 3.63) is 0 Å². The monoisotopic (exact) mass is 284 g/mol. The lowest BCUT2D eigenvalue weighted by Crippen LogP contribution is -2.39. The summed E-state index contributed by atoms with van der Waals surface area (Å²) in [4.78, 5) is 13.5. The zero-order valence-electron chi connectivity index (χ0n) is 14.0. The van der Waals surface area contributed by atoms with Crippen LogP contribution in [0.4, 0.5) is 4.79 Å². The molecule has 1 aliphatic carbocycles. The summed E-state index contributed by atoms with van der Waals surface area (Å²) in [5.74, 6) is 1.38. The minimum Gasteiger partial charge on any atom is -0.444 e. The van der Waals surface area contributed by atoms with Gasteiger partial charge in [0.05, 0.1) is 0 Å². The first-order valence-electron chi connectivity index (χ1n) is 7.85. The van der Waals surface area contributed by atoms with E-state index in [1.807, 2.05) is 20.8 Å².